The molecule has 0 bridgehead atoms. The number of hydrogen-bond donors (Lipinski definition) is 2. The summed E-state index contributed by atoms with van der Waals surface area (Å²) in [6.45, 7) is 0. The molecule has 0 saturated heterocycles. The molecule has 0 saturated carbocycles. The highest BCUT2D eigenvalue weighted by atomic mass is 32.2. The van der Waals surface area contributed by atoms with Crippen molar-refractivity contribution >= 4 is 15.5 Å². The zero-order valence-electron chi connectivity index (χ0n) is 8.77. The molecular weight excluding hydrogens is 224 g/mol. The Morgan fingerprint density at radius 2 is 1.75 bits per heavy atom. The number of nitrogens with two attached hydrogens (primary N) is 1. The van der Waals surface area contributed by atoms with Gasteiger partial charge in [-0.1, -0.05) is 12.1 Å². The summed E-state index contributed by atoms with van der Waals surface area (Å²) in [5.41, 5.74) is 7.73. The Morgan fingerprint density at radius 1 is 1.12 bits per heavy atom. The summed E-state index contributed by atoms with van der Waals surface area (Å²) in [6.07, 6.45) is 2.79. The molecule has 0 aliphatic heterocycles. The molecule has 3 N–H and O–H groups in total. The van der Waals surface area contributed by atoms with Crippen LogP contribution in [0.15, 0.2) is 41.6 Å². The normalized spacial score (nSPS) is 11.6. The molecule has 0 atom stereocenters. The van der Waals surface area contributed by atoms with Crippen molar-refractivity contribution in [3.8, 4) is 11.1 Å². The second-order valence-electron chi connectivity index (χ2n) is 3.61. The maximum absolute atomic E-state index is 11.5. The van der Waals surface area contributed by atoms with E-state index in [4.69, 9.17) is 5.73 Å². The highest BCUT2D eigenvalue weighted by molar-refractivity contribution is 7.90. The summed E-state index contributed by atoms with van der Waals surface area (Å²) in [6, 6.07) is 8.82. The van der Waals surface area contributed by atoms with Gasteiger partial charge in [-0.15, -0.1) is 0 Å². The minimum Gasteiger partial charge on any atom is -0.399 e. The van der Waals surface area contributed by atoms with E-state index in [0.29, 0.717) is 11.3 Å². The van der Waals surface area contributed by atoms with Crippen molar-refractivity contribution in [1.29, 1.82) is 0 Å². The number of nitrogen functional groups attached to an aromatic ring is 1. The van der Waals surface area contributed by atoms with Crippen LogP contribution in [0.4, 0.5) is 5.69 Å². The number of anilines is 1. The smallest absolute Gasteiger partial charge is 0.191 e. The zero-order chi connectivity index (χ0) is 11.8. The Hall–Kier alpha value is -1.75. The van der Waals surface area contributed by atoms with Gasteiger partial charge in [0, 0.05) is 23.7 Å². The molecule has 1 aromatic heterocycles. The lowest BCUT2D eigenvalue weighted by Crippen LogP contribution is -1.99. The summed E-state index contributed by atoms with van der Waals surface area (Å²) < 4.78 is 23.0. The van der Waals surface area contributed by atoms with Crippen LogP contribution in [0.25, 0.3) is 11.1 Å². The van der Waals surface area contributed by atoms with Gasteiger partial charge in [0.1, 0.15) is 5.03 Å². The maximum atomic E-state index is 11.5. The van der Waals surface area contributed by atoms with Crippen LogP contribution in [0.5, 0.6) is 0 Å². The van der Waals surface area contributed by atoms with Gasteiger partial charge in [-0.05, 0) is 23.8 Å². The third kappa shape index (κ3) is 1.94. The molecule has 0 radical (unpaired) electrons. The van der Waals surface area contributed by atoms with Crippen molar-refractivity contribution in [3.63, 3.8) is 0 Å². The van der Waals surface area contributed by atoms with Crippen LogP contribution >= 0.6 is 0 Å². The van der Waals surface area contributed by atoms with E-state index >= 15 is 0 Å². The number of aromatic nitrogens is 1. The summed E-state index contributed by atoms with van der Waals surface area (Å²) in [5.74, 6) is 0. The van der Waals surface area contributed by atoms with Crippen LogP contribution in [0.1, 0.15) is 0 Å². The molecule has 1 aromatic carbocycles. The number of benzene rings is 1. The van der Waals surface area contributed by atoms with Gasteiger partial charge in [0.15, 0.2) is 9.84 Å². The highest BCUT2D eigenvalue weighted by Crippen LogP contribution is 2.26. The van der Waals surface area contributed by atoms with E-state index < -0.39 is 9.84 Å². The SMILES string of the molecule is CS(=O)(=O)c1[nH]ccc1-c1ccc(N)cc1. The quantitative estimate of drug-likeness (QED) is 0.779. The van der Waals surface area contributed by atoms with Crippen molar-refractivity contribution in [2.45, 2.75) is 5.03 Å². The number of hydrogen-bond acceptors (Lipinski definition) is 3. The van der Waals surface area contributed by atoms with Gasteiger partial charge in [0.25, 0.3) is 0 Å². The van der Waals surface area contributed by atoms with Crippen molar-refractivity contribution < 1.29 is 8.42 Å². The lowest BCUT2D eigenvalue weighted by molar-refractivity contribution is 0.599. The van der Waals surface area contributed by atoms with Crippen molar-refractivity contribution in [1.82, 2.24) is 4.98 Å². The average molecular weight is 236 g/mol. The molecule has 4 nitrogen and oxygen atoms in total. The third-order valence-electron chi connectivity index (χ3n) is 2.30. The molecule has 0 fully saturated rings. The van der Waals surface area contributed by atoms with E-state index in [1.165, 1.54) is 6.26 Å². The molecule has 2 rings (SSSR count). The lowest BCUT2D eigenvalue weighted by atomic mass is 10.1. The molecule has 0 aliphatic carbocycles. The van der Waals surface area contributed by atoms with E-state index in [0.717, 1.165) is 5.56 Å². The Kier molecular flexibility index (Phi) is 2.47. The standard InChI is InChI=1S/C11H12N2O2S/c1-16(14,15)11-10(6-7-13-11)8-2-4-9(12)5-3-8/h2-7,13H,12H2,1H3. The Morgan fingerprint density at radius 3 is 2.31 bits per heavy atom. The molecule has 0 aliphatic rings. The van der Waals surface area contributed by atoms with E-state index in [1.54, 1.807) is 36.5 Å². The zero-order valence-corrected chi connectivity index (χ0v) is 9.58. The summed E-state index contributed by atoms with van der Waals surface area (Å²) in [4.78, 5) is 2.74. The Balaban J connectivity index is 2.58. The molecule has 0 spiro atoms. The van der Waals surface area contributed by atoms with Crippen LogP contribution in [-0.4, -0.2) is 19.7 Å². The van der Waals surface area contributed by atoms with Crippen molar-refractivity contribution in [2.24, 2.45) is 0 Å². The third-order valence-corrected chi connectivity index (χ3v) is 3.38. The monoisotopic (exact) mass is 236 g/mol. The number of nitrogens with one attached hydrogen (secondary N) is 1. The molecule has 0 amide bonds. The average Bonchev–Trinajstić information content (AvgIpc) is 2.66. The second kappa shape index (κ2) is 3.68. The van der Waals surface area contributed by atoms with Crippen LogP contribution in [0, 0.1) is 0 Å². The molecule has 1 heterocycles. The molecule has 5 heteroatoms. The Labute approximate surface area is 94.0 Å². The summed E-state index contributed by atoms with van der Waals surface area (Å²) in [5, 5.41) is 0.234. The molecule has 16 heavy (non-hydrogen) atoms. The molecule has 2 aromatic rings. The van der Waals surface area contributed by atoms with Gasteiger partial charge >= 0.3 is 0 Å². The first kappa shape index (κ1) is 10.8. The maximum Gasteiger partial charge on any atom is 0.191 e. The fraction of sp³-hybridized carbons (Fsp3) is 0.0909. The predicted molar refractivity (Wildman–Crippen MR) is 63.8 cm³/mol. The number of sulfone groups is 1. The lowest BCUT2D eigenvalue weighted by Gasteiger charge is -2.02. The number of aromatic amines is 1. The number of rotatable bonds is 2. The van der Waals surface area contributed by atoms with Gasteiger partial charge in [-0.25, -0.2) is 8.42 Å². The second-order valence-corrected chi connectivity index (χ2v) is 5.57. The van der Waals surface area contributed by atoms with Gasteiger partial charge in [-0.3, -0.25) is 0 Å². The first-order valence-electron chi connectivity index (χ1n) is 4.72. The van der Waals surface area contributed by atoms with E-state index in [1.807, 2.05) is 0 Å². The molecule has 0 unspecified atom stereocenters. The Bertz CT molecular complexity index is 597. The van der Waals surface area contributed by atoms with Gasteiger partial charge in [-0.2, -0.15) is 0 Å². The van der Waals surface area contributed by atoms with E-state index in [-0.39, 0.29) is 5.03 Å². The molecule has 84 valence electrons. The van der Waals surface area contributed by atoms with Crippen molar-refractivity contribution in [2.75, 3.05) is 12.0 Å². The van der Waals surface area contributed by atoms with Gasteiger partial charge < -0.3 is 10.7 Å². The fourth-order valence-corrected chi connectivity index (χ4v) is 2.42. The first-order valence-corrected chi connectivity index (χ1v) is 6.61. The fourth-order valence-electron chi connectivity index (χ4n) is 1.55. The topological polar surface area (TPSA) is 76.0 Å². The highest BCUT2D eigenvalue weighted by Gasteiger charge is 2.15. The predicted octanol–water partition coefficient (Wildman–Crippen LogP) is 1.67. The van der Waals surface area contributed by atoms with E-state index in [9.17, 15) is 8.42 Å². The van der Waals surface area contributed by atoms with Crippen LogP contribution in [-0.2, 0) is 9.84 Å². The summed E-state index contributed by atoms with van der Waals surface area (Å²) in [7, 11) is -3.24. The van der Waals surface area contributed by atoms with Gasteiger partial charge in [0.05, 0.1) is 0 Å². The first-order chi connectivity index (χ1) is 7.48. The largest absolute Gasteiger partial charge is 0.399 e. The van der Waals surface area contributed by atoms with Crippen molar-refractivity contribution in [3.05, 3.63) is 36.5 Å². The molecular formula is C11H12N2O2S. The minimum atomic E-state index is -3.24. The van der Waals surface area contributed by atoms with Gasteiger partial charge in [0.2, 0.25) is 0 Å². The van der Waals surface area contributed by atoms with E-state index in [2.05, 4.69) is 4.98 Å². The minimum absolute atomic E-state index is 0.234. The van der Waals surface area contributed by atoms with Crippen LogP contribution in [0.3, 0.4) is 0 Å². The van der Waals surface area contributed by atoms with Crippen LogP contribution < -0.4 is 5.73 Å². The number of H-pyrrole nitrogens is 1. The van der Waals surface area contributed by atoms with Crippen LogP contribution in [0.2, 0.25) is 0 Å². The summed E-state index contributed by atoms with van der Waals surface area (Å²) >= 11 is 0.